The molecule has 27 heavy (non-hydrogen) atoms. The molecular weight excluding hydrogens is 430 g/mol. The van der Waals surface area contributed by atoms with Gasteiger partial charge in [-0.15, -0.1) is 11.3 Å². The zero-order valence-corrected chi connectivity index (χ0v) is 16.3. The van der Waals surface area contributed by atoms with Gasteiger partial charge in [-0.05, 0) is 36.4 Å². The second-order valence-corrected chi connectivity index (χ2v) is 7.82. The van der Waals surface area contributed by atoms with Crippen LogP contribution in [-0.4, -0.2) is 21.3 Å². The molecule has 0 atom stereocenters. The summed E-state index contributed by atoms with van der Waals surface area (Å²) in [5.74, 6) is 1.47. The molecule has 0 saturated carbocycles. The van der Waals surface area contributed by atoms with Crippen molar-refractivity contribution in [3.05, 3.63) is 68.6 Å². The van der Waals surface area contributed by atoms with Crippen molar-refractivity contribution in [2.24, 2.45) is 0 Å². The molecule has 2 aromatic carbocycles. The average molecular weight is 442 g/mol. The highest BCUT2D eigenvalue weighted by molar-refractivity contribution is 9.10. The Morgan fingerprint density at radius 1 is 1.15 bits per heavy atom. The monoisotopic (exact) mass is 441 g/mol. The number of thiazole rings is 1. The molecule has 3 heterocycles. The molecule has 0 unspecified atom stereocenters. The lowest BCUT2D eigenvalue weighted by Gasteiger charge is -2.05. The molecule has 0 N–H and O–H groups in total. The molecule has 6 nitrogen and oxygen atoms in total. The fourth-order valence-corrected chi connectivity index (χ4v) is 4.13. The maximum absolute atomic E-state index is 12.7. The standard InChI is InChI=1S/C19H12BrN3O3S/c20-12-2-3-15-14(6-12)19(24)23(9-21-15)7-13-8-27-18(22-13)11-1-4-16-17(5-11)26-10-25-16/h1-6,8-9H,7,10H2. The first-order valence-electron chi connectivity index (χ1n) is 8.16. The number of rotatable bonds is 3. The molecular formula is C19H12BrN3O3S. The van der Waals surface area contributed by atoms with E-state index in [1.165, 1.54) is 11.3 Å². The zero-order valence-electron chi connectivity index (χ0n) is 13.9. The van der Waals surface area contributed by atoms with Gasteiger partial charge in [0.1, 0.15) is 5.01 Å². The summed E-state index contributed by atoms with van der Waals surface area (Å²) in [6.07, 6.45) is 1.57. The second-order valence-electron chi connectivity index (χ2n) is 6.05. The first kappa shape index (κ1) is 16.5. The lowest BCUT2D eigenvalue weighted by molar-refractivity contribution is 0.174. The van der Waals surface area contributed by atoms with Crippen LogP contribution in [0.25, 0.3) is 21.5 Å². The molecule has 0 aliphatic carbocycles. The number of benzene rings is 2. The number of hydrogen-bond donors (Lipinski definition) is 0. The van der Waals surface area contributed by atoms with Crippen LogP contribution in [0.15, 0.2) is 57.4 Å². The van der Waals surface area contributed by atoms with Gasteiger partial charge in [0.25, 0.3) is 5.56 Å². The Kier molecular flexibility index (Phi) is 3.95. The van der Waals surface area contributed by atoms with Gasteiger partial charge >= 0.3 is 0 Å². The van der Waals surface area contributed by atoms with E-state index in [-0.39, 0.29) is 12.4 Å². The number of aromatic nitrogens is 3. The summed E-state index contributed by atoms with van der Waals surface area (Å²) in [5.41, 5.74) is 2.37. The van der Waals surface area contributed by atoms with Crippen LogP contribution >= 0.6 is 27.3 Å². The van der Waals surface area contributed by atoms with E-state index in [4.69, 9.17) is 9.47 Å². The van der Waals surface area contributed by atoms with E-state index in [0.29, 0.717) is 17.4 Å². The number of hydrogen-bond acceptors (Lipinski definition) is 6. The van der Waals surface area contributed by atoms with Crippen LogP contribution in [0.2, 0.25) is 0 Å². The normalized spacial score (nSPS) is 12.6. The maximum atomic E-state index is 12.7. The predicted octanol–water partition coefficient (Wildman–Crippen LogP) is 4.06. The van der Waals surface area contributed by atoms with Gasteiger partial charge in [0.2, 0.25) is 6.79 Å². The van der Waals surface area contributed by atoms with Gasteiger partial charge in [-0.25, -0.2) is 9.97 Å². The molecule has 0 spiro atoms. The van der Waals surface area contributed by atoms with Gasteiger partial charge in [-0.3, -0.25) is 9.36 Å². The molecule has 0 amide bonds. The second kappa shape index (κ2) is 6.47. The Morgan fingerprint density at radius 2 is 2.04 bits per heavy atom. The van der Waals surface area contributed by atoms with Crippen molar-refractivity contribution in [3.63, 3.8) is 0 Å². The highest BCUT2D eigenvalue weighted by Gasteiger charge is 2.15. The van der Waals surface area contributed by atoms with Crippen LogP contribution < -0.4 is 15.0 Å². The van der Waals surface area contributed by atoms with Crippen LogP contribution in [0.5, 0.6) is 11.5 Å². The minimum atomic E-state index is -0.0843. The molecule has 0 saturated heterocycles. The Labute approximate surface area is 166 Å². The van der Waals surface area contributed by atoms with Crippen LogP contribution in [0, 0.1) is 0 Å². The quantitative estimate of drug-likeness (QED) is 0.479. The topological polar surface area (TPSA) is 66.2 Å². The third-order valence-electron chi connectivity index (χ3n) is 4.29. The summed E-state index contributed by atoms with van der Waals surface area (Å²) in [6, 6.07) is 11.3. The Bertz CT molecular complexity index is 1230. The molecule has 5 rings (SSSR count). The molecule has 8 heteroatoms. The van der Waals surface area contributed by atoms with E-state index in [1.807, 2.05) is 35.7 Å². The molecule has 134 valence electrons. The average Bonchev–Trinajstić information content (AvgIpc) is 3.33. The van der Waals surface area contributed by atoms with Crippen molar-refractivity contribution < 1.29 is 9.47 Å². The molecule has 4 aromatic rings. The Hall–Kier alpha value is -2.71. The Morgan fingerprint density at radius 3 is 2.96 bits per heavy atom. The lowest BCUT2D eigenvalue weighted by Crippen LogP contribution is -2.21. The highest BCUT2D eigenvalue weighted by Crippen LogP contribution is 2.36. The van der Waals surface area contributed by atoms with E-state index < -0.39 is 0 Å². The van der Waals surface area contributed by atoms with Gasteiger partial charge in [-0.2, -0.15) is 0 Å². The predicted molar refractivity (Wildman–Crippen MR) is 106 cm³/mol. The van der Waals surface area contributed by atoms with Gasteiger partial charge in [0, 0.05) is 15.4 Å². The fraction of sp³-hybridized carbons (Fsp3) is 0.105. The largest absolute Gasteiger partial charge is 0.454 e. The third-order valence-corrected chi connectivity index (χ3v) is 5.72. The van der Waals surface area contributed by atoms with Gasteiger partial charge in [-0.1, -0.05) is 15.9 Å². The van der Waals surface area contributed by atoms with Gasteiger partial charge in [0.05, 0.1) is 29.5 Å². The summed E-state index contributed by atoms with van der Waals surface area (Å²) in [5, 5.41) is 3.41. The van der Waals surface area contributed by atoms with E-state index in [9.17, 15) is 4.79 Å². The summed E-state index contributed by atoms with van der Waals surface area (Å²) in [4.78, 5) is 21.8. The minimum Gasteiger partial charge on any atom is -0.454 e. The van der Waals surface area contributed by atoms with Crippen LogP contribution in [0.4, 0.5) is 0 Å². The molecule has 0 radical (unpaired) electrons. The van der Waals surface area contributed by atoms with Crippen LogP contribution in [-0.2, 0) is 6.54 Å². The Balaban J connectivity index is 1.46. The van der Waals surface area contributed by atoms with Gasteiger partial charge < -0.3 is 9.47 Å². The number of ether oxygens (including phenoxy) is 2. The summed E-state index contributed by atoms with van der Waals surface area (Å²) in [7, 11) is 0. The van der Waals surface area contributed by atoms with E-state index in [0.717, 1.165) is 32.2 Å². The van der Waals surface area contributed by atoms with E-state index in [1.54, 1.807) is 17.0 Å². The fourth-order valence-electron chi connectivity index (χ4n) is 2.96. The lowest BCUT2D eigenvalue weighted by atomic mass is 10.2. The van der Waals surface area contributed by atoms with E-state index >= 15 is 0 Å². The third kappa shape index (κ3) is 3.00. The molecule has 1 aliphatic heterocycles. The number of fused-ring (bicyclic) bond motifs is 2. The summed E-state index contributed by atoms with van der Waals surface area (Å²) >= 11 is 4.93. The summed E-state index contributed by atoms with van der Waals surface area (Å²) in [6.45, 7) is 0.616. The first-order valence-corrected chi connectivity index (χ1v) is 9.84. The van der Waals surface area contributed by atoms with Crippen molar-refractivity contribution in [1.82, 2.24) is 14.5 Å². The van der Waals surface area contributed by atoms with Crippen molar-refractivity contribution >= 4 is 38.2 Å². The smallest absolute Gasteiger partial charge is 0.261 e. The minimum absolute atomic E-state index is 0.0843. The maximum Gasteiger partial charge on any atom is 0.261 e. The first-order chi connectivity index (χ1) is 13.2. The molecule has 0 fully saturated rings. The van der Waals surface area contributed by atoms with Crippen LogP contribution in [0.3, 0.4) is 0 Å². The zero-order chi connectivity index (χ0) is 18.4. The molecule has 2 aromatic heterocycles. The molecule has 1 aliphatic rings. The number of halogens is 1. The molecule has 0 bridgehead atoms. The van der Waals surface area contributed by atoms with Crippen molar-refractivity contribution in [2.75, 3.05) is 6.79 Å². The van der Waals surface area contributed by atoms with Crippen molar-refractivity contribution in [2.45, 2.75) is 6.54 Å². The van der Waals surface area contributed by atoms with Crippen molar-refractivity contribution in [3.8, 4) is 22.1 Å². The summed E-state index contributed by atoms with van der Waals surface area (Å²) < 4.78 is 13.2. The SMILES string of the molecule is O=c1c2cc(Br)ccc2ncn1Cc1csc(-c2ccc3c(c2)OCO3)n1. The van der Waals surface area contributed by atoms with E-state index in [2.05, 4.69) is 25.9 Å². The highest BCUT2D eigenvalue weighted by atomic mass is 79.9. The van der Waals surface area contributed by atoms with Crippen molar-refractivity contribution in [1.29, 1.82) is 0 Å². The van der Waals surface area contributed by atoms with Crippen LogP contribution in [0.1, 0.15) is 5.69 Å². The van der Waals surface area contributed by atoms with Gasteiger partial charge in [0.15, 0.2) is 11.5 Å². The number of nitrogens with zero attached hydrogens (tertiary/aromatic N) is 3.